The highest BCUT2D eigenvalue weighted by Crippen LogP contribution is 2.22. The van der Waals surface area contributed by atoms with Crippen molar-refractivity contribution < 1.29 is 4.79 Å². The molecule has 0 aliphatic carbocycles. The molecule has 0 atom stereocenters. The van der Waals surface area contributed by atoms with Crippen molar-refractivity contribution in [3.05, 3.63) is 110 Å². The fraction of sp³-hybridized carbons (Fsp3) is 0.185. The molecule has 33 heavy (non-hydrogen) atoms. The molecule has 0 unspecified atom stereocenters. The van der Waals surface area contributed by atoms with Gasteiger partial charge in [-0.05, 0) is 67.1 Å². The highest BCUT2D eigenvalue weighted by molar-refractivity contribution is 6.33. The summed E-state index contributed by atoms with van der Waals surface area (Å²) < 4.78 is 0. The molecule has 5 nitrogen and oxygen atoms in total. The molecule has 4 aromatic rings. The Bertz CT molecular complexity index is 1360. The summed E-state index contributed by atoms with van der Waals surface area (Å²) in [5, 5.41) is 4.29. The third-order valence-corrected chi connectivity index (χ3v) is 6.08. The molecule has 4 rings (SSSR count). The number of halogens is 1. The van der Waals surface area contributed by atoms with Gasteiger partial charge in [0.15, 0.2) is 0 Å². The Labute approximate surface area is 198 Å². The molecule has 3 aromatic carbocycles. The van der Waals surface area contributed by atoms with Crippen molar-refractivity contribution in [3.63, 3.8) is 0 Å². The number of urea groups is 1. The van der Waals surface area contributed by atoms with Crippen molar-refractivity contribution in [1.29, 1.82) is 0 Å². The van der Waals surface area contributed by atoms with Crippen molar-refractivity contribution in [1.82, 2.24) is 9.88 Å². The van der Waals surface area contributed by atoms with Gasteiger partial charge in [0.2, 0.25) is 0 Å². The van der Waals surface area contributed by atoms with E-state index >= 15 is 0 Å². The van der Waals surface area contributed by atoms with Crippen LogP contribution in [0.3, 0.4) is 0 Å². The monoisotopic (exact) mass is 459 g/mol. The molecular weight excluding hydrogens is 434 g/mol. The predicted molar refractivity (Wildman–Crippen MR) is 135 cm³/mol. The lowest BCUT2D eigenvalue weighted by atomic mass is 10.1. The number of nitrogens with one attached hydrogen (secondary N) is 2. The van der Waals surface area contributed by atoms with E-state index in [4.69, 9.17) is 11.6 Å². The largest absolute Gasteiger partial charge is 0.322 e. The van der Waals surface area contributed by atoms with E-state index < -0.39 is 0 Å². The van der Waals surface area contributed by atoms with E-state index in [-0.39, 0.29) is 18.1 Å². The summed E-state index contributed by atoms with van der Waals surface area (Å²) in [6.45, 7) is 4.70. The van der Waals surface area contributed by atoms with Gasteiger partial charge in [-0.25, -0.2) is 4.79 Å². The Balaban J connectivity index is 1.63. The van der Waals surface area contributed by atoms with Crippen molar-refractivity contribution in [2.75, 3.05) is 11.9 Å². The maximum Gasteiger partial charge on any atom is 0.322 e. The van der Waals surface area contributed by atoms with Gasteiger partial charge < -0.3 is 15.2 Å². The number of aromatic amines is 1. The summed E-state index contributed by atoms with van der Waals surface area (Å²) >= 11 is 6.24. The Morgan fingerprint density at radius 1 is 0.970 bits per heavy atom. The fourth-order valence-corrected chi connectivity index (χ4v) is 4.03. The van der Waals surface area contributed by atoms with Crippen LogP contribution in [0.1, 0.15) is 22.3 Å². The van der Waals surface area contributed by atoms with Crippen LogP contribution in [0.5, 0.6) is 0 Å². The van der Waals surface area contributed by atoms with E-state index in [9.17, 15) is 9.59 Å². The van der Waals surface area contributed by atoms with Crippen LogP contribution < -0.4 is 10.9 Å². The Morgan fingerprint density at radius 3 is 2.52 bits per heavy atom. The molecule has 0 aliphatic rings. The third-order valence-electron chi connectivity index (χ3n) is 5.75. The van der Waals surface area contributed by atoms with Gasteiger partial charge in [-0.2, -0.15) is 0 Å². The van der Waals surface area contributed by atoms with Crippen molar-refractivity contribution in [3.8, 4) is 0 Å². The van der Waals surface area contributed by atoms with E-state index in [1.807, 2.05) is 55.5 Å². The second-order valence-corrected chi connectivity index (χ2v) is 8.63. The second kappa shape index (κ2) is 9.92. The molecule has 0 fully saturated rings. The number of carbonyl (C=O) groups excluding carboxylic acids is 1. The Kier molecular flexibility index (Phi) is 6.80. The van der Waals surface area contributed by atoms with Crippen LogP contribution in [0.4, 0.5) is 10.5 Å². The summed E-state index contributed by atoms with van der Waals surface area (Å²) in [5.74, 6) is 0. The lowest BCUT2D eigenvalue weighted by molar-refractivity contribution is 0.209. The molecule has 1 heterocycles. The highest BCUT2D eigenvalue weighted by Gasteiger charge is 2.18. The number of pyridine rings is 1. The number of H-pyrrole nitrogens is 1. The van der Waals surface area contributed by atoms with Crippen LogP contribution in [0, 0.1) is 13.8 Å². The molecule has 168 valence electrons. The van der Waals surface area contributed by atoms with Gasteiger partial charge >= 0.3 is 6.03 Å². The van der Waals surface area contributed by atoms with Gasteiger partial charge in [0, 0.05) is 17.6 Å². The first-order valence-electron chi connectivity index (χ1n) is 10.9. The van der Waals surface area contributed by atoms with Crippen molar-refractivity contribution in [2.45, 2.75) is 26.8 Å². The second-order valence-electron chi connectivity index (χ2n) is 8.22. The van der Waals surface area contributed by atoms with Gasteiger partial charge in [0.05, 0.1) is 17.3 Å². The number of nitrogens with zero attached hydrogens (tertiary/aromatic N) is 1. The Morgan fingerprint density at radius 2 is 1.73 bits per heavy atom. The molecule has 2 N–H and O–H groups in total. The summed E-state index contributed by atoms with van der Waals surface area (Å²) in [6.07, 6.45) is 0.674. The third kappa shape index (κ3) is 5.44. The number of rotatable bonds is 6. The minimum absolute atomic E-state index is 0.182. The van der Waals surface area contributed by atoms with Gasteiger partial charge in [-0.3, -0.25) is 4.79 Å². The minimum atomic E-state index is -0.305. The van der Waals surface area contributed by atoms with Gasteiger partial charge in [0.25, 0.3) is 5.56 Å². The molecule has 0 radical (unpaired) electrons. The summed E-state index contributed by atoms with van der Waals surface area (Å²) in [5.41, 5.74) is 5.09. The zero-order valence-corrected chi connectivity index (χ0v) is 19.4. The summed E-state index contributed by atoms with van der Waals surface area (Å²) in [7, 11) is 0. The van der Waals surface area contributed by atoms with Gasteiger partial charge in [-0.15, -0.1) is 0 Å². The van der Waals surface area contributed by atoms with Gasteiger partial charge in [-0.1, -0.05) is 59.6 Å². The first kappa shape index (κ1) is 22.6. The fourth-order valence-electron chi connectivity index (χ4n) is 3.85. The molecule has 1 aromatic heterocycles. The number of hydrogen-bond donors (Lipinski definition) is 2. The molecule has 0 aliphatic heterocycles. The molecule has 0 saturated heterocycles. The number of aryl methyl sites for hydroxylation is 2. The molecule has 0 bridgehead atoms. The summed E-state index contributed by atoms with van der Waals surface area (Å²) in [4.78, 5) is 30.6. The molecule has 0 spiro atoms. The van der Waals surface area contributed by atoms with Gasteiger partial charge in [0.1, 0.15) is 0 Å². The number of benzene rings is 3. The lowest BCUT2D eigenvalue weighted by Gasteiger charge is -2.24. The smallest absolute Gasteiger partial charge is 0.322 e. The van der Waals surface area contributed by atoms with E-state index in [2.05, 4.69) is 29.4 Å². The van der Waals surface area contributed by atoms with E-state index in [0.717, 1.165) is 22.0 Å². The number of para-hydroxylation sites is 1. The minimum Gasteiger partial charge on any atom is -0.322 e. The van der Waals surface area contributed by atoms with Crippen LogP contribution in [0.15, 0.2) is 77.6 Å². The van der Waals surface area contributed by atoms with Crippen LogP contribution >= 0.6 is 11.6 Å². The highest BCUT2D eigenvalue weighted by atomic mass is 35.5. The normalized spacial score (nSPS) is 10.9. The van der Waals surface area contributed by atoms with Crippen LogP contribution in [-0.2, 0) is 13.0 Å². The molecular formula is C27H26ClN3O2. The predicted octanol–water partition coefficient (Wildman–Crippen LogP) is 6.08. The number of carbonyl (C=O) groups is 1. The standard InChI is InChI=1S/C27H26ClN3O2/c1-18-11-12-24-21(15-18)16-22(26(32)29-24)17-31(14-13-20-8-4-3-7-19(20)2)27(33)30-25-10-6-5-9-23(25)28/h3-12,15-16H,13-14,17H2,1-2H3,(H,29,32)(H,30,33). The van der Waals surface area contributed by atoms with Crippen LogP contribution in [0.25, 0.3) is 10.9 Å². The molecule has 6 heteroatoms. The van der Waals surface area contributed by atoms with Crippen LogP contribution in [0.2, 0.25) is 5.02 Å². The first-order chi connectivity index (χ1) is 15.9. The van der Waals surface area contributed by atoms with E-state index in [0.29, 0.717) is 29.2 Å². The SMILES string of the molecule is Cc1ccc2[nH]c(=O)c(CN(CCc3ccccc3C)C(=O)Nc3ccccc3Cl)cc2c1. The molecule has 2 amide bonds. The topological polar surface area (TPSA) is 65.2 Å². The lowest BCUT2D eigenvalue weighted by Crippen LogP contribution is -2.37. The Hall–Kier alpha value is -3.57. The van der Waals surface area contributed by atoms with Crippen molar-refractivity contribution in [2.24, 2.45) is 0 Å². The quantitative estimate of drug-likeness (QED) is 0.367. The number of aromatic nitrogens is 1. The zero-order valence-electron chi connectivity index (χ0n) is 18.7. The number of amides is 2. The van der Waals surface area contributed by atoms with Crippen LogP contribution in [-0.4, -0.2) is 22.5 Å². The number of fused-ring (bicyclic) bond motifs is 1. The number of hydrogen-bond acceptors (Lipinski definition) is 2. The average molecular weight is 460 g/mol. The van der Waals surface area contributed by atoms with Crippen molar-refractivity contribution >= 4 is 34.2 Å². The average Bonchev–Trinajstić information content (AvgIpc) is 2.79. The van der Waals surface area contributed by atoms with E-state index in [1.54, 1.807) is 17.0 Å². The number of anilines is 1. The maximum absolute atomic E-state index is 13.2. The zero-order chi connectivity index (χ0) is 23.4. The molecule has 0 saturated carbocycles. The summed E-state index contributed by atoms with van der Waals surface area (Å²) in [6, 6.07) is 22.7. The maximum atomic E-state index is 13.2. The first-order valence-corrected chi connectivity index (χ1v) is 11.3. The van der Waals surface area contributed by atoms with E-state index in [1.165, 1.54) is 5.56 Å².